The summed E-state index contributed by atoms with van der Waals surface area (Å²) in [4.78, 5) is 33.2. The van der Waals surface area contributed by atoms with E-state index in [0.717, 1.165) is 0 Å². The monoisotopic (exact) mass is 266 g/mol. The Hall–Kier alpha value is -2.57. The SMILES string of the molecule is COC(=O)c1ccc(NC(=O)NC(C)C(=O)O)cc1. The number of carbonyl (C=O) groups is 3. The van der Waals surface area contributed by atoms with Crippen molar-refractivity contribution in [1.29, 1.82) is 0 Å². The van der Waals surface area contributed by atoms with E-state index in [1.165, 1.54) is 38.3 Å². The second-order valence-corrected chi connectivity index (χ2v) is 3.73. The van der Waals surface area contributed by atoms with Crippen molar-refractivity contribution in [3.63, 3.8) is 0 Å². The Bertz CT molecular complexity index is 483. The smallest absolute Gasteiger partial charge is 0.337 e. The first kappa shape index (κ1) is 14.5. The number of ether oxygens (including phenoxy) is 1. The van der Waals surface area contributed by atoms with E-state index in [2.05, 4.69) is 15.4 Å². The van der Waals surface area contributed by atoms with Crippen LogP contribution in [0.1, 0.15) is 17.3 Å². The zero-order valence-corrected chi connectivity index (χ0v) is 10.5. The summed E-state index contributed by atoms with van der Waals surface area (Å²) >= 11 is 0. The van der Waals surface area contributed by atoms with Crippen molar-refractivity contribution >= 4 is 23.7 Å². The molecular formula is C12H14N2O5. The van der Waals surface area contributed by atoms with Gasteiger partial charge in [-0.2, -0.15) is 0 Å². The lowest BCUT2D eigenvalue weighted by molar-refractivity contribution is -0.138. The standard InChI is InChI=1S/C12H14N2O5/c1-7(10(15)16)13-12(18)14-9-5-3-8(4-6-9)11(17)19-2/h3-7H,1-2H3,(H,15,16)(H2,13,14,18). The van der Waals surface area contributed by atoms with Gasteiger partial charge in [-0.15, -0.1) is 0 Å². The Morgan fingerprint density at radius 2 is 1.79 bits per heavy atom. The molecule has 7 nitrogen and oxygen atoms in total. The van der Waals surface area contributed by atoms with Gasteiger partial charge in [0, 0.05) is 5.69 Å². The molecule has 0 aliphatic carbocycles. The number of hydrogen-bond donors (Lipinski definition) is 3. The first-order valence-electron chi connectivity index (χ1n) is 5.42. The minimum atomic E-state index is -1.13. The van der Waals surface area contributed by atoms with Crippen molar-refractivity contribution in [2.24, 2.45) is 0 Å². The summed E-state index contributed by atoms with van der Waals surface area (Å²) in [5.74, 6) is -1.60. The third kappa shape index (κ3) is 4.30. The fraction of sp³-hybridized carbons (Fsp3) is 0.250. The van der Waals surface area contributed by atoms with E-state index in [9.17, 15) is 14.4 Å². The van der Waals surface area contributed by atoms with E-state index in [0.29, 0.717) is 11.3 Å². The number of methoxy groups -OCH3 is 1. The molecule has 1 atom stereocenters. The van der Waals surface area contributed by atoms with E-state index >= 15 is 0 Å². The Morgan fingerprint density at radius 1 is 1.21 bits per heavy atom. The first-order valence-corrected chi connectivity index (χ1v) is 5.42. The van der Waals surface area contributed by atoms with Crippen molar-refractivity contribution < 1.29 is 24.2 Å². The number of carboxylic acid groups (broad SMARTS) is 1. The molecule has 0 saturated heterocycles. The molecule has 7 heteroatoms. The summed E-state index contributed by atoms with van der Waals surface area (Å²) in [6.45, 7) is 1.35. The van der Waals surface area contributed by atoms with Gasteiger partial charge in [-0.3, -0.25) is 4.79 Å². The second kappa shape index (κ2) is 6.39. The minimum Gasteiger partial charge on any atom is -0.480 e. The van der Waals surface area contributed by atoms with Crippen LogP contribution < -0.4 is 10.6 Å². The fourth-order valence-electron chi connectivity index (χ4n) is 1.23. The quantitative estimate of drug-likeness (QED) is 0.707. The van der Waals surface area contributed by atoms with Crippen LogP contribution in [0.15, 0.2) is 24.3 Å². The average Bonchev–Trinajstić information content (AvgIpc) is 2.38. The number of carboxylic acids is 1. The topological polar surface area (TPSA) is 105 Å². The van der Waals surface area contributed by atoms with Gasteiger partial charge in [0.1, 0.15) is 6.04 Å². The summed E-state index contributed by atoms with van der Waals surface area (Å²) in [6, 6.07) is 4.37. The zero-order chi connectivity index (χ0) is 14.4. The molecule has 0 spiro atoms. The van der Waals surface area contributed by atoms with Crippen LogP contribution in [0.25, 0.3) is 0 Å². The number of esters is 1. The Morgan fingerprint density at radius 3 is 2.26 bits per heavy atom. The summed E-state index contributed by atoms with van der Waals surface area (Å²) in [5.41, 5.74) is 0.787. The maximum atomic E-state index is 11.4. The Balaban J connectivity index is 2.60. The van der Waals surface area contributed by atoms with Crippen LogP contribution in [0.5, 0.6) is 0 Å². The molecule has 1 aromatic rings. The number of anilines is 1. The average molecular weight is 266 g/mol. The molecule has 1 aromatic carbocycles. The normalized spacial score (nSPS) is 11.3. The Kier molecular flexibility index (Phi) is 4.87. The van der Waals surface area contributed by atoms with Gasteiger partial charge < -0.3 is 20.5 Å². The lowest BCUT2D eigenvalue weighted by atomic mass is 10.2. The maximum absolute atomic E-state index is 11.4. The third-order valence-electron chi connectivity index (χ3n) is 2.28. The third-order valence-corrected chi connectivity index (χ3v) is 2.28. The van der Waals surface area contributed by atoms with Gasteiger partial charge in [0.25, 0.3) is 0 Å². The highest BCUT2D eigenvalue weighted by Gasteiger charge is 2.13. The minimum absolute atomic E-state index is 0.354. The zero-order valence-electron chi connectivity index (χ0n) is 10.5. The van der Waals surface area contributed by atoms with Gasteiger partial charge >= 0.3 is 18.0 Å². The van der Waals surface area contributed by atoms with Crippen molar-refractivity contribution in [3.8, 4) is 0 Å². The number of rotatable bonds is 4. The van der Waals surface area contributed by atoms with Crippen molar-refractivity contribution in [2.75, 3.05) is 12.4 Å². The number of hydrogen-bond acceptors (Lipinski definition) is 4. The summed E-state index contributed by atoms with van der Waals surface area (Å²) in [7, 11) is 1.27. The molecule has 2 amide bonds. The number of urea groups is 1. The molecule has 1 rings (SSSR count). The molecule has 0 fully saturated rings. The Labute approximate surface area is 109 Å². The van der Waals surface area contributed by atoms with Crippen molar-refractivity contribution in [2.45, 2.75) is 13.0 Å². The molecule has 0 radical (unpaired) electrons. The molecule has 3 N–H and O–H groups in total. The lowest BCUT2D eigenvalue weighted by Crippen LogP contribution is -2.40. The van der Waals surface area contributed by atoms with Crippen LogP contribution in [0.2, 0.25) is 0 Å². The van der Waals surface area contributed by atoms with E-state index < -0.39 is 24.0 Å². The van der Waals surface area contributed by atoms with Gasteiger partial charge in [0.05, 0.1) is 12.7 Å². The predicted octanol–water partition coefficient (Wildman–Crippen LogP) is 1.07. The summed E-state index contributed by atoms with van der Waals surface area (Å²) in [6.07, 6.45) is 0. The van der Waals surface area contributed by atoms with Gasteiger partial charge in [-0.25, -0.2) is 9.59 Å². The number of carbonyl (C=O) groups excluding carboxylic acids is 2. The van der Waals surface area contributed by atoms with E-state index in [1.807, 2.05) is 0 Å². The van der Waals surface area contributed by atoms with Gasteiger partial charge in [-0.05, 0) is 31.2 Å². The lowest BCUT2D eigenvalue weighted by Gasteiger charge is -2.10. The van der Waals surface area contributed by atoms with Crippen molar-refractivity contribution in [3.05, 3.63) is 29.8 Å². The number of benzene rings is 1. The first-order chi connectivity index (χ1) is 8.93. The van der Waals surface area contributed by atoms with Crippen LogP contribution >= 0.6 is 0 Å². The molecular weight excluding hydrogens is 252 g/mol. The van der Waals surface area contributed by atoms with E-state index in [1.54, 1.807) is 0 Å². The highest BCUT2D eigenvalue weighted by molar-refractivity contribution is 5.93. The number of aliphatic carboxylic acids is 1. The number of amides is 2. The predicted molar refractivity (Wildman–Crippen MR) is 67.0 cm³/mol. The molecule has 0 heterocycles. The molecule has 19 heavy (non-hydrogen) atoms. The molecule has 0 saturated carbocycles. The van der Waals surface area contributed by atoms with Crippen LogP contribution in [-0.2, 0) is 9.53 Å². The number of nitrogens with one attached hydrogen (secondary N) is 2. The van der Waals surface area contributed by atoms with Crippen LogP contribution in [0, 0.1) is 0 Å². The largest absolute Gasteiger partial charge is 0.480 e. The van der Waals surface area contributed by atoms with Crippen LogP contribution in [-0.4, -0.2) is 36.2 Å². The summed E-state index contributed by atoms with van der Waals surface area (Å²) in [5, 5.41) is 13.3. The van der Waals surface area contributed by atoms with Gasteiger partial charge in [0.2, 0.25) is 0 Å². The van der Waals surface area contributed by atoms with E-state index in [4.69, 9.17) is 5.11 Å². The van der Waals surface area contributed by atoms with E-state index in [-0.39, 0.29) is 0 Å². The van der Waals surface area contributed by atoms with Gasteiger partial charge in [0.15, 0.2) is 0 Å². The molecule has 1 unspecified atom stereocenters. The molecule has 0 aliphatic rings. The fourth-order valence-corrected chi connectivity index (χ4v) is 1.23. The summed E-state index contributed by atoms with van der Waals surface area (Å²) < 4.78 is 4.53. The molecule has 0 aromatic heterocycles. The van der Waals surface area contributed by atoms with Gasteiger partial charge in [-0.1, -0.05) is 0 Å². The maximum Gasteiger partial charge on any atom is 0.337 e. The highest BCUT2D eigenvalue weighted by Crippen LogP contribution is 2.10. The van der Waals surface area contributed by atoms with Crippen LogP contribution in [0.3, 0.4) is 0 Å². The molecule has 102 valence electrons. The molecule has 0 bridgehead atoms. The van der Waals surface area contributed by atoms with Crippen molar-refractivity contribution in [1.82, 2.24) is 5.32 Å². The van der Waals surface area contributed by atoms with Crippen LogP contribution in [0.4, 0.5) is 10.5 Å². The highest BCUT2D eigenvalue weighted by atomic mass is 16.5. The molecule has 0 aliphatic heterocycles. The second-order valence-electron chi connectivity index (χ2n) is 3.73.